The van der Waals surface area contributed by atoms with Crippen LogP contribution in [0.5, 0.6) is 0 Å². The Hall–Kier alpha value is -2.15. The maximum atomic E-state index is 12.8. The average molecular weight is 270 g/mol. The first-order valence-electron chi connectivity index (χ1n) is 5.59. The Morgan fingerprint density at radius 2 is 2.16 bits per heavy atom. The van der Waals surface area contributed by atoms with Gasteiger partial charge < -0.3 is 20.5 Å². The summed E-state index contributed by atoms with van der Waals surface area (Å²) in [6.07, 6.45) is 0. The highest BCUT2D eigenvalue weighted by molar-refractivity contribution is 5.89. The second-order valence-electron chi connectivity index (χ2n) is 3.79. The van der Waals surface area contributed by atoms with Crippen LogP contribution in [0, 0.1) is 12.7 Å². The number of nitrogens with one attached hydrogen (secondary N) is 2. The zero-order valence-corrected chi connectivity index (χ0v) is 10.4. The van der Waals surface area contributed by atoms with E-state index in [1.165, 1.54) is 18.2 Å². The second kappa shape index (κ2) is 7.32. The fourth-order valence-electron chi connectivity index (χ4n) is 1.33. The average Bonchev–Trinajstić information content (AvgIpc) is 2.32. The lowest BCUT2D eigenvalue weighted by molar-refractivity contribution is -0.142. The molecule has 1 aromatic carbocycles. The Bertz CT molecular complexity index is 465. The molecule has 6 nitrogen and oxygen atoms in total. The van der Waals surface area contributed by atoms with E-state index in [0.717, 1.165) is 0 Å². The van der Waals surface area contributed by atoms with Crippen molar-refractivity contribution in [3.8, 4) is 0 Å². The van der Waals surface area contributed by atoms with Gasteiger partial charge in [-0.3, -0.25) is 0 Å². The first-order valence-corrected chi connectivity index (χ1v) is 5.59. The number of hydrogen-bond acceptors (Lipinski definition) is 3. The van der Waals surface area contributed by atoms with Gasteiger partial charge in [0.05, 0.1) is 6.61 Å². The van der Waals surface area contributed by atoms with Crippen LogP contribution in [0.3, 0.4) is 0 Å². The van der Waals surface area contributed by atoms with Crippen molar-refractivity contribution in [2.24, 2.45) is 0 Å². The standard InChI is InChI=1S/C12H15FN2O4/c1-8-6-9(13)2-3-10(8)15-12(18)14-4-5-19-7-11(16)17/h2-3,6H,4-5,7H2,1H3,(H,16,17)(H2,14,15,18). The monoisotopic (exact) mass is 270 g/mol. The molecule has 1 aromatic rings. The molecule has 0 heterocycles. The van der Waals surface area contributed by atoms with Crippen LogP contribution >= 0.6 is 0 Å². The van der Waals surface area contributed by atoms with Crippen molar-refractivity contribution >= 4 is 17.7 Å². The predicted octanol–water partition coefficient (Wildman–Crippen LogP) is 1.36. The van der Waals surface area contributed by atoms with Crippen molar-refractivity contribution in [1.29, 1.82) is 0 Å². The largest absolute Gasteiger partial charge is 0.480 e. The molecule has 2 amide bonds. The fourth-order valence-corrected chi connectivity index (χ4v) is 1.33. The minimum atomic E-state index is -1.06. The number of halogens is 1. The summed E-state index contributed by atoms with van der Waals surface area (Å²) in [6.45, 7) is 1.55. The first kappa shape index (κ1) is 14.9. The van der Waals surface area contributed by atoms with Gasteiger partial charge in [0.15, 0.2) is 0 Å². The predicted molar refractivity (Wildman–Crippen MR) is 66.6 cm³/mol. The lowest BCUT2D eigenvalue weighted by Crippen LogP contribution is -2.32. The third kappa shape index (κ3) is 5.82. The number of rotatable bonds is 6. The van der Waals surface area contributed by atoms with Crippen molar-refractivity contribution in [2.75, 3.05) is 25.1 Å². The molecule has 7 heteroatoms. The number of carboxylic acid groups (broad SMARTS) is 1. The summed E-state index contributed by atoms with van der Waals surface area (Å²) in [6, 6.07) is 3.56. The van der Waals surface area contributed by atoms with E-state index in [2.05, 4.69) is 10.6 Å². The van der Waals surface area contributed by atoms with Crippen LogP contribution in [-0.4, -0.2) is 36.9 Å². The van der Waals surface area contributed by atoms with Gasteiger partial charge in [-0.1, -0.05) is 0 Å². The normalized spacial score (nSPS) is 10.0. The van der Waals surface area contributed by atoms with Crippen molar-refractivity contribution in [3.05, 3.63) is 29.6 Å². The Kier molecular flexibility index (Phi) is 5.74. The minimum absolute atomic E-state index is 0.0993. The molecule has 19 heavy (non-hydrogen) atoms. The molecule has 0 saturated carbocycles. The fraction of sp³-hybridized carbons (Fsp3) is 0.333. The number of ether oxygens (including phenoxy) is 1. The SMILES string of the molecule is Cc1cc(F)ccc1NC(=O)NCCOCC(=O)O. The summed E-state index contributed by atoms with van der Waals surface area (Å²) < 4.78 is 17.6. The Morgan fingerprint density at radius 3 is 2.79 bits per heavy atom. The number of urea groups is 1. The van der Waals surface area contributed by atoms with Gasteiger partial charge in [0, 0.05) is 12.2 Å². The summed E-state index contributed by atoms with van der Waals surface area (Å²) in [5, 5.41) is 13.3. The molecule has 0 atom stereocenters. The third-order valence-electron chi connectivity index (χ3n) is 2.19. The number of anilines is 1. The Balaban J connectivity index is 2.29. The van der Waals surface area contributed by atoms with Crippen LogP contribution in [-0.2, 0) is 9.53 Å². The third-order valence-corrected chi connectivity index (χ3v) is 2.19. The van der Waals surface area contributed by atoms with Gasteiger partial charge in [-0.15, -0.1) is 0 Å². The zero-order chi connectivity index (χ0) is 14.3. The van der Waals surface area contributed by atoms with E-state index in [4.69, 9.17) is 9.84 Å². The number of carboxylic acids is 1. The number of benzene rings is 1. The molecule has 0 aliphatic rings. The van der Waals surface area contributed by atoms with E-state index in [1.807, 2.05) is 0 Å². The van der Waals surface area contributed by atoms with Gasteiger partial charge in [0.25, 0.3) is 0 Å². The Labute approximate surface area is 109 Å². The molecule has 0 bridgehead atoms. The van der Waals surface area contributed by atoms with E-state index < -0.39 is 18.6 Å². The van der Waals surface area contributed by atoms with E-state index in [-0.39, 0.29) is 19.0 Å². The quantitative estimate of drug-likeness (QED) is 0.681. The molecule has 0 saturated heterocycles. The first-order chi connectivity index (χ1) is 8.99. The van der Waals surface area contributed by atoms with Crippen molar-refractivity contribution in [2.45, 2.75) is 6.92 Å². The van der Waals surface area contributed by atoms with Crippen molar-refractivity contribution in [3.63, 3.8) is 0 Å². The van der Waals surface area contributed by atoms with Gasteiger partial charge in [0.1, 0.15) is 12.4 Å². The smallest absolute Gasteiger partial charge is 0.329 e. The molecular weight excluding hydrogens is 255 g/mol. The number of hydrogen-bond donors (Lipinski definition) is 3. The highest BCUT2D eigenvalue weighted by Gasteiger charge is 2.04. The molecule has 104 valence electrons. The summed E-state index contributed by atoms with van der Waals surface area (Å²) in [7, 11) is 0. The molecule has 1 rings (SSSR count). The molecule has 0 radical (unpaired) electrons. The molecule has 0 aliphatic carbocycles. The van der Waals surface area contributed by atoms with Gasteiger partial charge in [-0.05, 0) is 30.7 Å². The van der Waals surface area contributed by atoms with Crippen molar-refractivity contribution < 1.29 is 23.8 Å². The summed E-state index contributed by atoms with van der Waals surface area (Å²) in [4.78, 5) is 21.6. The lowest BCUT2D eigenvalue weighted by atomic mass is 10.2. The van der Waals surface area contributed by atoms with Crippen LogP contribution in [0.15, 0.2) is 18.2 Å². The van der Waals surface area contributed by atoms with Crippen LogP contribution in [0.4, 0.5) is 14.9 Å². The molecule has 0 unspecified atom stereocenters. The highest BCUT2D eigenvalue weighted by Crippen LogP contribution is 2.15. The van der Waals surface area contributed by atoms with E-state index >= 15 is 0 Å². The van der Waals surface area contributed by atoms with Gasteiger partial charge in [-0.25, -0.2) is 14.0 Å². The summed E-state index contributed by atoms with van der Waals surface area (Å²) >= 11 is 0. The molecule has 0 fully saturated rings. The van der Waals surface area contributed by atoms with Gasteiger partial charge in [-0.2, -0.15) is 0 Å². The van der Waals surface area contributed by atoms with E-state index in [0.29, 0.717) is 11.3 Å². The van der Waals surface area contributed by atoms with Crippen LogP contribution in [0.25, 0.3) is 0 Å². The van der Waals surface area contributed by atoms with Crippen molar-refractivity contribution in [1.82, 2.24) is 5.32 Å². The van der Waals surface area contributed by atoms with Gasteiger partial charge in [0.2, 0.25) is 0 Å². The molecule has 0 aromatic heterocycles. The van der Waals surface area contributed by atoms with Crippen LogP contribution in [0.2, 0.25) is 0 Å². The maximum absolute atomic E-state index is 12.8. The number of aryl methyl sites for hydroxylation is 1. The number of amides is 2. The van der Waals surface area contributed by atoms with Crippen LogP contribution in [0.1, 0.15) is 5.56 Å². The molecule has 3 N–H and O–H groups in total. The summed E-state index contributed by atoms with van der Waals surface area (Å²) in [5.41, 5.74) is 1.11. The highest BCUT2D eigenvalue weighted by atomic mass is 19.1. The zero-order valence-electron chi connectivity index (χ0n) is 10.4. The summed E-state index contributed by atoms with van der Waals surface area (Å²) in [5.74, 6) is -1.43. The maximum Gasteiger partial charge on any atom is 0.329 e. The minimum Gasteiger partial charge on any atom is -0.480 e. The Morgan fingerprint density at radius 1 is 1.42 bits per heavy atom. The van der Waals surface area contributed by atoms with E-state index in [9.17, 15) is 14.0 Å². The molecular formula is C12H15FN2O4. The second-order valence-corrected chi connectivity index (χ2v) is 3.79. The number of carbonyl (C=O) groups excluding carboxylic acids is 1. The van der Waals surface area contributed by atoms with E-state index in [1.54, 1.807) is 6.92 Å². The molecule has 0 spiro atoms. The molecule has 0 aliphatic heterocycles. The number of aliphatic carboxylic acids is 1. The van der Waals surface area contributed by atoms with Gasteiger partial charge >= 0.3 is 12.0 Å². The van der Waals surface area contributed by atoms with Crippen LogP contribution < -0.4 is 10.6 Å². The topological polar surface area (TPSA) is 87.7 Å². The lowest BCUT2D eigenvalue weighted by Gasteiger charge is -2.09. The number of carbonyl (C=O) groups is 2.